The predicted molar refractivity (Wildman–Crippen MR) is 281 cm³/mol. The number of rotatable bonds is 50. The molecule has 0 saturated carbocycles. The Hall–Kier alpha value is -2.17. The molecule has 1 amide bonds. The van der Waals surface area contributed by atoms with Gasteiger partial charge < -0.3 is 15.5 Å². The van der Waals surface area contributed by atoms with E-state index in [0.717, 1.165) is 51.4 Å². The van der Waals surface area contributed by atoms with Crippen molar-refractivity contribution in [1.82, 2.24) is 5.32 Å². The third-order valence-corrected chi connectivity index (χ3v) is 12.4. The first kappa shape index (κ1) is 60.8. The summed E-state index contributed by atoms with van der Waals surface area (Å²) < 4.78 is 0. The highest BCUT2D eigenvalue weighted by molar-refractivity contribution is 5.76. The summed E-state index contributed by atoms with van der Waals surface area (Å²) in [5, 5.41) is 23.0. The molecule has 4 nitrogen and oxygen atoms in total. The lowest BCUT2D eigenvalue weighted by Crippen LogP contribution is -2.45. The smallest absolute Gasteiger partial charge is 0.220 e. The number of unbranched alkanes of at least 4 members (excludes halogenated alkanes) is 33. The molecule has 0 aromatic rings. The fourth-order valence-corrected chi connectivity index (χ4v) is 8.16. The average Bonchev–Trinajstić information content (AvgIpc) is 3.29. The van der Waals surface area contributed by atoms with Gasteiger partial charge in [-0.2, -0.15) is 0 Å². The van der Waals surface area contributed by atoms with Gasteiger partial charge in [0.1, 0.15) is 0 Å². The summed E-state index contributed by atoms with van der Waals surface area (Å²) in [6, 6.07) is -0.646. The molecule has 0 rings (SSSR count). The summed E-state index contributed by atoms with van der Waals surface area (Å²) in [4.78, 5) is 12.4. The zero-order valence-electron chi connectivity index (χ0n) is 42.1. The van der Waals surface area contributed by atoms with Crippen LogP contribution in [0.5, 0.6) is 0 Å². The lowest BCUT2D eigenvalue weighted by atomic mass is 10.0. The second-order valence-electron chi connectivity index (χ2n) is 18.6. The lowest BCUT2D eigenvalue weighted by Gasteiger charge is -2.19. The Balaban J connectivity index is 3.46. The minimum Gasteiger partial charge on any atom is -0.394 e. The van der Waals surface area contributed by atoms with Crippen LogP contribution in [0.15, 0.2) is 72.9 Å². The average molecular weight is 879 g/mol. The summed E-state index contributed by atoms with van der Waals surface area (Å²) >= 11 is 0. The molecule has 0 radical (unpaired) electrons. The molecule has 366 valence electrons. The Labute approximate surface area is 393 Å². The minimum absolute atomic E-state index is 0.0769. The molecule has 2 atom stereocenters. The number of carbonyl (C=O) groups is 1. The number of aliphatic hydroxyl groups is 2. The van der Waals surface area contributed by atoms with Gasteiger partial charge in [-0.1, -0.05) is 260 Å². The maximum Gasteiger partial charge on any atom is 0.220 e. The van der Waals surface area contributed by atoms with E-state index in [-0.39, 0.29) is 12.5 Å². The highest BCUT2D eigenvalue weighted by atomic mass is 16.3. The van der Waals surface area contributed by atoms with Crippen molar-refractivity contribution in [3.05, 3.63) is 72.9 Å². The van der Waals surface area contributed by atoms with Gasteiger partial charge in [0, 0.05) is 6.42 Å². The molecule has 0 fully saturated rings. The van der Waals surface area contributed by atoms with Crippen LogP contribution in [0.25, 0.3) is 0 Å². The Kier molecular flexibility index (Phi) is 52.3. The molecular weight excluding hydrogens is 771 g/mol. The van der Waals surface area contributed by atoms with Crippen LogP contribution in [0.1, 0.15) is 277 Å². The van der Waals surface area contributed by atoms with Gasteiger partial charge in [-0.25, -0.2) is 0 Å². The van der Waals surface area contributed by atoms with E-state index >= 15 is 0 Å². The van der Waals surface area contributed by atoms with Crippen molar-refractivity contribution >= 4 is 5.91 Å². The first-order valence-corrected chi connectivity index (χ1v) is 27.7. The molecule has 4 heteroatoms. The molecule has 0 aromatic heterocycles. The SMILES string of the molecule is CCCCCC/C=C/CC/C=C/CC/C=C/C(O)C(CO)NC(=O)CCCCCCCCCCCCCCCCCCCCCCCC/C=C\C/C=C\C/C=C\CCCCCCC. The lowest BCUT2D eigenvalue weighted by molar-refractivity contribution is -0.123. The predicted octanol–water partition coefficient (Wildman–Crippen LogP) is 18.2. The molecule has 0 aromatic carbocycles. The number of hydrogen-bond donors (Lipinski definition) is 3. The first-order valence-electron chi connectivity index (χ1n) is 27.7. The third-order valence-electron chi connectivity index (χ3n) is 12.4. The summed E-state index contributed by atoms with van der Waals surface area (Å²) in [5.41, 5.74) is 0. The van der Waals surface area contributed by atoms with Gasteiger partial charge in [0.25, 0.3) is 0 Å². The largest absolute Gasteiger partial charge is 0.394 e. The summed E-state index contributed by atoms with van der Waals surface area (Å²) in [7, 11) is 0. The number of carbonyl (C=O) groups excluding carboxylic acids is 1. The van der Waals surface area contributed by atoms with E-state index in [9.17, 15) is 15.0 Å². The Morgan fingerprint density at radius 2 is 0.667 bits per heavy atom. The van der Waals surface area contributed by atoms with Crippen LogP contribution in [0.3, 0.4) is 0 Å². The normalized spacial score (nSPS) is 13.4. The Morgan fingerprint density at radius 3 is 1.05 bits per heavy atom. The quantitative estimate of drug-likeness (QED) is 0.0421. The Bertz CT molecular complexity index is 1090. The van der Waals surface area contributed by atoms with E-state index in [4.69, 9.17) is 0 Å². The molecule has 2 unspecified atom stereocenters. The highest BCUT2D eigenvalue weighted by Crippen LogP contribution is 2.16. The van der Waals surface area contributed by atoms with Crippen molar-refractivity contribution in [3.63, 3.8) is 0 Å². The number of hydrogen-bond acceptors (Lipinski definition) is 3. The van der Waals surface area contributed by atoms with Crippen LogP contribution >= 0.6 is 0 Å². The second kappa shape index (κ2) is 54.2. The van der Waals surface area contributed by atoms with Crippen LogP contribution in [0, 0.1) is 0 Å². The van der Waals surface area contributed by atoms with Crippen molar-refractivity contribution in [1.29, 1.82) is 0 Å². The Morgan fingerprint density at radius 1 is 0.381 bits per heavy atom. The van der Waals surface area contributed by atoms with Crippen LogP contribution in [-0.2, 0) is 4.79 Å². The van der Waals surface area contributed by atoms with Gasteiger partial charge in [-0.15, -0.1) is 0 Å². The third kappa shape index (κ3) is 50.7. The molecule has 0 bridgehead atoms. The standard InChI is InChI=1S/C59H107NO3/c1-3-5-7-9-11-13-15-17-19-20-21-22-23-24-25-26-27-28-29-30-31-32-33-34-35-36-37-38-39-40-41-43-45-47-49-51-53-55-59(63)60-57(56-61)58(62)54-52-50-48-46-44-42-18-16-14-12-10-8-6-4-2/h14-17,20-21,23-24,44,46,52,54,57-58,61-62H,3-13,18-19,22,25-43,45,47-51,53,55-56H2,1-2H3,(H,60,63)/b16-14+,17-15-,21-20-,24-23-,46-44+,54-52+. The van der Waals surface area contributed by atoms with Crippen molar-refractivity contribution in [2.75, 3.05) is 6.61 Å². The van der Waals surface area contributed by atoms with Gasteiger partial charge in [0.05, 0.1) is 18.8 Å². The minimum atomic E-state index is -0.870. The monoisotopic (exact) mass is 878 g/mol. The van der Waals surface area contributed by atoms with Gasteiger partial charge in [0.2, 0.25) is 5.91 Å². The molecule has 0 aliphatic heterocycles. The van der Waals surface area contributed by atoms with E-state index in [0.29, 0.717) is 6.42 Å². The molecule has 0 spiro atoms. The van der Waals surface area contributed by atoms with Crippen molar-refractivity contribution in [3.8, 4) is 0 Å². The molecule has 0 heterocycles. The van der Waals surface area contributed by atoms with Crippen molar-refractivity contribution in [2.45, 2.75) is 289 Å². The number of aliphatic hydroxyl groups excluding tert-OH is 2. The van der Waals surface area contributed by atoms with Crippen LogP contribution in [0.2, 0.25) is 0 Å². The number of amides is 1. The van der Waals surface area contributed by atoms with Crippen LogP contribution < -0.4 is 5.32 Å². The van der Waals surface area contributed by atoms with Crippen LogP contribution in [-0.4, -0.2) is 34.9 Å². The van der Waals surface area contributed by atoms with Gasteiger partial charge in [-0.05, 0) is 83.5 Å². The van der Waals surface area contributed by atoms with E-state index in [1.807, 2.05) is 6.08 Å². The van der Waals surface area contributed by atoms with Gasteiger partial charge in [-0.3, -0.25) is 4.79 Å². The fourth-order valence-electron chi connectivity index (χ4n) is 8.16. The summed E-state index contributed by atoms with van der Waals surface area (Å²) in [6.45, 7) is 4.26. The van der Waals surface area contributed by atoms with Gasteiger partial charge >= 0.3 is 0 Å². The number of allylic oxidation sites excluding steroid dienone is 11. The molecule has 63 heavy (non-hydrogen) atoms. The van der Waals surface area contributed by atoms with E-state index in [1.165, 1.54) is 205 Å². The van der Waals surface area contributed by atoms with E-state index < -0.39 is 12.1 Å². The molecule has 3 N–H and O–H groups in total. The van der Waals surface area contributed by atoms with E-state index in [2.05, 4.69) is 79.9 Å². The van der Waals surface area contributed by atoms with Crippen molar-refractivity contribution in [2.24, 2.45) is 0 Å². The maximum atomic E-state index is 12.4. The zero-order valence-corrected chi connectivity index (χ0v) is 42.1. The zero-order chi connectivity index (χ0) is 45.6. The van der Waals surface area contributed by atoms with Crippen LogP contribution in [0.4, 0.5) is 0 Å². The second-order valence-corrected chi connectivity index (χ2v) is 18.6. The fraction of sp³-hybridized carbons (Fsp3) is 0.780. The molecule has 0 aliphatic rings. The summed E-state index contributed by atoms with van der Waals surface area (Å²) in [6.07, 6.45) is 77.8. The first-order chi connectivity index (χ1) is 31.2. The van der Waals surface area contributed by atoms with Crippen molar-refractivity contribution < 1.29 is 15.0 Å². The van der Waals surface area contributed by atoms with Gasteiger partial charge in [0.15, 0.2) is 0 Å². The maximum absolute atomic E-state index is 12.4. The topological polar surface area (TPSA) is 69.6 Å². The summed E-state index contributed by atoms with van der Waals surface area (Å²) in [5.74, 6) is -0.0769. The molecule has 0 saturated heterocycles. The van der Waals surface area contributed by atoms with E-state index in [1.54, 1.807) is 6.08 Å². The molecular formula is C59H107NO3. The highest BCUT2D eigenvalue weighted by Gasteiger charge is 2.17. The molecule has 0 aliphatic carbocycles. The number of nitrogens with one attached hydrogen (secondary N) is 1.